The van der Waals surface area contributed by atoms with E-state index in [-0.39, 0.29) is 6.07 Å². The normalized spacial score (nSPS) is 10.1. The molecule has 0 saturated heterocycles. The first-order chi connectivity index (χ1) is 10.2. The second-order valence-corrected chi connectivity index (χ2v) is 3.62. The van der Waals surface area contributed by atoms with E-state index in [0.717, 1.165) is 0 Å². The summed E-state index contributed by atoms with van der Waals surface area (Å²) in [6.45, 7) is 0. The molecule has 10 heteroatoms. The number of alkyl halides is 3. The summed E-state index contributed by atoms with van der Waals surface area (Å²) in [5.41, 5.74) is -5.31. The van der Waals surface area contributed by atoms with Crippen molar-refractivity contribution in [3.63, 3.8) is 0 Å². The largest absolute Gasteiger partial charge is 0.422 e. The maximum atomic E-state index is 13.5. The van der Waals surface area contributed by atoms with Crippen molar-refractivity contribution in [1.29, 1.82) is 15.8 Å². The summed E-state index contributed by atoms with van der Waals surface area (Å²) in [6, 6.07) is 3.72. The molecule has 0 aliphatic heterocycles. The molecule has 22 heavy (non-hydrogen) atoms. The zero-order chi connectivity index (χ0) is 17.1. The van der Waals surface area contributed by atoms with Crippen molar-refractivity contribution in [2.75, 3.05) is 5.32 Å². The second kappa shape index (κ2) is 6.06. The minimum absolute atomic E-state index is 0.0368. The van der Waals surface area contributed by atoms with Crippen molar-refractivity contribution in [3.05, 3.63) is 40.4 Å². The van der Waals surface area contributed by atoms with E-state index in [1.807, 2.05) is 0 Å². The number of allylic oxidation sites excluding steroid dienone is 2. The number of nitriles is 3. The molecule has 0 amide bonds. The first-order valence-electron chi connectivity index (χ1n) is 5.13. The Labute approximate surface area is 119 Å². The van der Waals surface area contributed by atoms with Gasteiger partial charge in [-0.15, -0.1) is 0 Å². The Kier molecular flexibility index (Phi) is 4.65. The van der Waals surface area contributed by atoms with E-state index in [9.17, 15) is 26.3 Å². The fourth-order valence-corrected chi connectivity index (χ4v) is 1.36. The topological polar surface area (TPSA) is 83.4 Å². The third-order valence-corrected chi connectivity index (χ3v) is 2.29. The average molecular weight is 316 g/mol. The van der Waals surface area contributed by atoms with Gasteiger partial charge in [-0.3, -0.25) is 0 Å². The lowest BCUT2D eigenvalue weighted by atomic mass is 10.1. The van der Waals surface area contributed by atoms with Crippen molar-refractivity contribution in [2.24, 2.45) is 0 Å². The van der Waals surface area contributed by atoms with Gasteiger partial charge in [-0.25, -0.2) is 13.2 Å². The maximum Gasteiger partial charge on any atom is 0.422 e. The molecule has 0 unspecified atom stereocenters. The van der Waals surface area contributed by atoms with Gasteiger partial charge in [-0.05, 0) is 0 Å². The quantitative estimate of drug-likeness (QED) is 0.515. The molecule has 112 valence electrons. The smallest absolute Gasteiger partial charge is 0.343 e. The van der Waals surface area contributed by atoms with Crippen LogP contribution in [0.3, 0.4) is 0 Å². The van der Waals surface area contributed by atoms with Gasteiger partial charge < -0.3 is 5.32 Å². The molecule has 0 spiro atoms. The van der Waals surface area contributed by atoms with Crippen LogP contribution < -0.4 is 5.32 Å². The number of hydrogen-bond donors (Lipinski definition) is 1. The molecule has 0 atom stereocenters. The third-order valence-electron chi connectivity index (χ3n) is 2.29. The Bertz CT molecular complexity index is 757. The molecule has 0 fully saturated rings. The number of halogens is 6. The standard InChI is InChI=1S/C12H2F6N4/c13-6-1-7(22-8(4-21)5(2-19)3-20)10(14)11(15)9(6)12(16,17)18/h1,22H. The molecule has 1 aromatic carbocycles. The van der Waals surface area contributed by atoms with Crippen LogP contribution in [-0.2, 0) is 6.18 Å². The van der Waals surface area contributed by atoms with E-state index in [1.165, 1.54) is 18.2 Å². The highest BCUT2D eigenvalue weighted by Gasteiger charge is 2.40. The van der Waals surface area contributed by atoms with Crippen LogP contribution in [0, 0.1) is 51.4 Å². The zero-order valence-electron chi connectivity index (χ0n) is 10.2. The van der Waals surface area contributed by atoms with Crippen molar-refractivity contribution >= 4 is 5.69 Å². The summed E-state index contributed by atoms with van der Waals surface area (Å²) in [5, 5.41) is 27.4. The first-order valence-corrected chi connectivity index (χ1v) is 5.13. The van der Waals surface area contributed by atoms with Crippen molar-refractivity contribution in [1.82, 2.24) is 0 Å². The molecule has 0 aliphatic carbocycles. The average Bonchev–Trinajstić information content (AvgIpc) is 2.42. The summed E-state index contributed by atoms with van der Waals surface area (Å²) in [4.78, 5) is 0. The van der Waals surface area contributed by atoms with E-state index in [0.29, 0.717) is 0 Å². The second-order valence-electron chi connectivity index (χ2n) is 3.62. The highest BCUT2D eigenvalue weighted by molar-refractivity contribution is 5.59. The van der Waals surface area contributed by atoms with Gasteiger partial charge in [0.1, 0.15) is 35.3 Å². The van der Waals surface area contributed by atoms with E-state index in [1.54, 1.807) is 5.32 Å². The Morgan fingerprint density at radius 3 is 1.91 bits per heavy atom. The highest BCUT2D eigenvalue weighted by atomic mass is 19.4. The number of hydrogen-bond acceptors (Lipinski definition) is 4. The Balaban J connectivity index is 3.50. The van der Waals surface area contributed by atoms with Gasteiger partial charge in [0.15, 0.2) is 17.2 Å². The molecule has 4 nitrogen and oxygen atoms in total. The fraction of sp³-hybridized carbons (Fsp3) is 0.0833. The summed E-state index contributed by atoms with van der Waals surface area (Å²) in [5.74, 6) is -6.75. The van der Waals surface area contributed by atoms with Gasteiger partial charge in [-0.2, -0.15) is 29.0 Å². The highest BCUT2D eigenvalue weighted by Crippen LogP contribution is 2.36. The van der Waals surface area contributed by atoms with Gasteiger partial charge in [0.05, 0.1) is 5.69 Å². The van der Waals surface area contributed by atoms with Crippen LogP contribution in [0.4, 0.5) is 32.0 Å². The van der Waals surface area contributed by atoms with Crippen molar-refractivity contribution in [3.8, 4) is 18.2 Å². The number of benzene rings is 1. The molecule has 0 heterocycles. The minimum atomic E-state index is -5.47. The SMILES string of the molecule is N#CC(C#N)=C(C#N)Nc1cc(F)c(C(F)(F)F)c(F)c1F. The van der Waals surface area contributed by atoms with E-state index >= 15 is 0 Å². The van der Waals surface area contributed by atoms with Crippen molar-refractivity contribution < 1.29 is 26.3 Å². The molecule has 0 radical (unpaired) electrons. The number of nitrogens with one attached hydrogen (secondary N) is 1. The van der Waals surface area contributed by atoms with Crippen LogP contribution in [0.15, 0.2) is 17.3 Å². The lowest BCUT2D eigenvalue weighted by Crippen LogP contribution is -2.15. The Morgan fingerprint density at radius 1 is 0.955 bits per heavy atom. The van der Waals surface area contributed by atoms with Crippen molar-refractivity contribution in [2.45, 2.75) is 6.18 Å². The van der Waals surface area contributed by atoms with Gasteiger partial charge in [0.2, 0.25) is 0 Å². The van der Waals surface area contributed by atoms with Gasteiger partial charge in [0, 0.05) is 6.07 Å². The van der Waals surface area contributed by atoms with Gasteiger partial charge in [0.25, 0.3) is 0 Å². The van der Waals surface area contributed by atoms with Crippen LogP contribution in [0.5, 0.6) is 0 Å². The monoisotopic (exact) mass is 316 g/mol. The lowest BCUT2D eigenvalue weighted by molar-refractivity contribution is -0.142. The summed E-state index contributed by atoms with van der Waals surface area (Å²) in [6.07, 6.45) is -5.47. The molecule has 1 rings (SSSR count). The fourth-order valence-electron chi connectivity index (χ4n) is 1.36. The van der Waals surface area contributed by atoms with E-state index < -0.39 is 46.1 Å². The number of nitrogens with zero attached hydrogens (tertiary/aromatic N) is 3. The van der Waals surface area contributed by atoms with Crippen LogP contribution in [0.2, 0.25) is 0 Å². The molecule has 1 aromatic rings. The summed E-state index contributed by atoms with van der Waals surface area (Å²) >= 11 is 0. The predicted molar refractivity (Wildman–Crippen MR) is 58.8 cm³/mol. The molecule has 1 N–H and O–H groups in total. The van der Waals surface area contributed by atoms with Gasteiger partial charge >= 0.3 is 6.18 Å². The molecule has 0 aliphatic rings. The molecule has 0 aromatic heterocycles. The first kappa shape index (κ1) is 16.9. The number of rotatable bonds is 2. The molecular weight excluding hydrogens is 314 g/mol. The number of anilines is 1. The Morgan fingerprint density at radius 2 is 1.50 bits per heavy atom. The Hall–Kier alpha value is -3.19. The third kappa shape index (κ3) is 3.10. The van der Waals surface area contributed by atoms with Crippen LogP contribution in [0.25, 0.3) is 0 Å². The zero-order valence-corrected chi connectivity index (χ0v) is 10.2. The molecule has 0 saturated carbocycles. The molecule has 0 bridgehead atoms. The summed E-state index contributed by atoms with van der Waals surface area (Å²) < 4.78 is 77.3. The van der Waals surface area contributed by atoms with Crippen LogP contribution in [-0.4, -0.2) is 0 Å². The van der Waals surface area contributed by atoms with E-state index in [4.69, 9.17) is 15.8 Å². The maximum absolute atomic E-state index is 13.5. The van der Waals surface area contributed by atoms with Crippen LogP contribution >= 0.6 is 0 Å². The summed E-state index contributed by atoms with van der Waals surface area (Å²) in [7, 11) is 0. The molecular formula is C12H2F6N4. The lowest BCUT2D eigenvalue weighted by Gasteiger charge is -2.13. The predicted octanol–water partition coefficient (Wildman–Crippen LogP) is 3.36. The minimum Gasteiger partial charge on any atom is -0.343 e. The van der Waals surface area contributed by atoms with E-state index in [2.05, 4.69) is 0 Å². The van der Waals surface area contributed by atoms with Gasteiger partial charge in [-0.1, -0.05) is 0 Å². The van der Waals surface area contributed by atoms with Crippen LogP contribution in [0.1, 0.15) is 5.56 Å².